The molecule has 2 aromatic heterocycles. The number of nitrogens with one attached hydrogen (secondary N) is 2. The Bertz CT molecular complexity index is 1550. The number of halogens is 6. The van der Waals surface area contributed by atoms with E-state index < -0.39 is 55.8 Å². The molecule has 2 heterocycles. The van der Waals surface area contributed by atoms with Gasteiger partial charge in [0.25, 0.3) is 5.91 Å². The van der Waals surface area contributed by atoms with E-state index in [1.807, 2.05) is 0 Å². The zero-order valence-corrected chi connectivity index (χ0v) is 19.8. The molecule has 0 aliphatic rings. The zero-order valence-electron chi connectivity index (χ0n) is 19.0. The van der Waals surface area contributed by atoms with Crippen LogP contribution in [0.15, 0.2) is 76.8 Å². The number of carbonyl (C=O) groups is 1. The fourth-order valence-electron chi connectivity index (χ4n) is 3.46. The maximum atomic E-state index is 13.1. The number of rotatable bonds is 7. The highest BCUT2D eigenvalue weighted by Gasteiger charge is 2.35. The van der Waals surface area contributed by atoms with Crippen LogP contribution in [-0.2, 0) is 22.6 Å². The van der Waals surface area contributed by atoms with E-state index in [4.69, 9.17) is 0 Å². The molecular formula is C24H17F6N3O4S. The first kappa shape index (κ1) is 27.0. The van der Waals surface area contributed by atoms with Gasteiger partial charge in [-0.15, -0.1) is 0 Å². The van der Waals surface area contributed by atoms with E-state index >= 15 is 0 Å². The minimum atomic E-state index is -4.94. The Labute approximate surface area is 211 Å². The van der Waals surface area contributed by atoms with Crippen molar-refractivity contribution >= 4 is 26.6 Å². The number of sulfone groups is 1. The second kappa shape index (κ2) is 10.0. The van der Waals surface area contributed by atoms with Crippen molar-refractivity contribution in [3.8, 4) is 5.75 Å². The minimum absolute atomic E-state index is 0.00694. The lowest BCUT2D eigenvalue weighted by atomic mass is 10.2. The SMILES string of the molecule is O=C(NCc1ccc(S(=O)(=O)c2ccc(C(F)(F)F)cc2OCC(F)(F)F)cc1)c1cc2cnccc2[nH]1. The van der Waals surface area contributed by atoms with Gasteiger partial charge in [-0.1, -0.05) is 12.1 Å². The summed E-state index contributed by atoms with van der Waals surface area (Å²) in [6, 6.07) is 9.45. The molecule has 7 nitrogen and oxygen atoms in total. The third-order valence-electron chi connectivity index (χ3n) is 5.30. The first-order valence-corrected chi connectivity index (χ1v) is 12.2. The summed E-state index contributed by atoms with van der Waals surface area (Å²) in [5, 5.41) is 3.38. The van der Waals surface area contributed by atoms with E-state index in [-0.39, 0.29) is 18.3 Å². The molecule has 1 amide bonds. The number of aromatic nitrogens is 2. The third-order valence-corrected chi connectivity index (χ3v) is 7.11. The monoisotopic (exact) mass is 557 g/mol. The molecule has 0 unspecified atom stereocenters. The number of aromatic amines is 1. The molecule has 200 valence electrons. The van der Waals surface area contributed by atoms with E-state index in [0.29, 0.717) is 23.2 Å². The molecule has 0 spiro atoms. The van der Waals surface area contributed by atoms with Crippen molar-refractivity contribution in [3.63, 3.8) is 0 Å². The number of carbonyl (C=O) groups excluding carboxylic acids is 1. The molecule has 2 N–H and O–H groups in total. The van der Waals surface area contributed by atoms with Gasteiger partial charge in [0.05, 0.1) is 10.5 Å². The van der Waals surface area contributed by atoms with Crippen molar-refractivity contribution in [1.82, 2.24) is 15.3 Å². The second-order valence-corrected chi connectivity index (χ2v) is 9.96. The van der Waals surface area contributed by atoms with Gasteiger partial charge in [0.1, 0.15) is 16.3 Å². The Balaban J connectivity index is 1.53. The molecule has 0 saturated heterocycles. The molecule has 2 aromatic carbocycles. The number of ether oxygens (including phenoxy) is 1. The molecule has 0 atom stereocenters. The van der Waals surface area contributed by atoms with Crippen LogP contribution in [0.25, 0.3) is 10.9 Å². The van der Waals surface area contributed by atoms with Crippen LogP contribution >= 0.6 is 0 Å². The Morgan fingerprint density at radius 2 is 1.68 bits per heavy atom. The van der Waals surface area contributed by atoms with Crippen molar-refractivity contribution in [3.05, 3.63) is 83.8 Å². The van der Waals surface area contributed by atoms with Crippen molar-refractivity contribution in [1.29, 1.82) is 0 Å². The standard InChI is InChI=1S/C24H17F6N3O4S/c25-23(26,27)13-37-20-10-16(24(28,29)30)3-6-21(20)38(35,36)17-4-1-14(2-5-17)11-32-22(34)19-9-15-12-31-8-7-18(15)33-19/h1-10,12,33H,11,13H2,(H,32,34). The summed E-state index contributed by atoms with van der Waals surface area (Å²) < 4.78 is 108. The van der Waals surface area contributed by atoms with E-state index in [1.165, 1.54) is 12.1 Å². The van der Waals surface area contributed by atoms with Gasteiger partial charge in [-0.25, -0.2) is 8.42 Å². The molecular weight excluding hydrogens is 540 g/mol. The zero-order chi connectivity index (χ0) is 27.7. The Morgan fingerprint density at radius 1 is 0.974 bits per heavy atom. The molecule has 0 aliphatic carbocycles. The average Bonchev–Trinajstić information content (AvgIpc) is 3.30. The molecule has 0 saturated carbocycles. The highest BCUT2D eigenvalue weighted by molar-refractivity contribution is 7.91. The number of H-pyrrole nitrogens is 1. The predicted octanol–water partition coefficient (Wildman–Crippen LogP) is 5.29. The van der Waals surface area contributed by atoms with Gasteiger partial charge in [-0.05, 0) is 48.0 Å². The molecule has 14 heteroatoms. The van der Waals surface area contributed by atoms with Crippen molar-refractivity contribution < 1.29 is 44.3 Å². The lowest BCUT2D eigenvalue weighted by Crippen LogP contribution is -2.23. The number of benzene rings is 2. The van der Waals surface area contributed by atoms with Crippen molar-refractivity contribution in [2.45, 2.75) is 28.7 Å². The summed E-state index contributed by atoms with van der Waals surface area (Å²) in [4.78, 5) is 18.1. The molecule has 0 radical (unpaired) electrons. The van der Waals surface area contributed by atoms with Gasteiger partial charge in [-0.2, -0.15) is 26.3 Å². The third kappa shape index (κ3) is 6.07. The van der Waals surface area contributed by atoms with Gasteiger partial charge in [0, 0.05) is 29.8 Å². The predicted molar refractivity (Wildman–Crippen MR) is 122 cm³/mol. The molecule has 0 bridgehead atoms. The molecule has 38 heavy (non-hydrogen) atoms. The van der Waals surface area contributed by atoms with E-state index in [9.17, 15) is 39.6 Å². The van der Waals surface area contributed by atoms with E-state index in [0.717, 1.165) is 17.5 Å². The van der Waals surface area contributed by atoms with Gasteiger partial charge in [0.15, 0.2) is 6.61 Å². The first-order chi connectivity index (χ1) is 17.7. The number of hydrogen-bond donors (Lipinski definition) is 2. The summed E-state index contributed by atoms with van der Waals surface area (Å²) in [6.07, 6.45) is -6.70. The summed E-state index contributed by atoms with van der Waals surface area (Å²) >= 11 is 0. The molecule has 4 rings (SSSR count). The molecule has 4 aromatic rings. The summed E-state index contributed by atoms with van der Waals surface area (Å²) in [6.45, 7) is -1.98. The van der Waals surface area contributed by atoms with Crippen LogP contribution in [0.2, 0.25) is 0 Å². The highest BCUT2D eigenvalue weighted by atomic mass is 32.2. The van der Waals surface area contributed by atoms with Crippen molar-refractivity contribution in [2.75, 3.05) is 6.61 Å². The Hall–Kier alpha value is -4.07. The summed E-state index contributed by atoms with van der Waals surface area (Å²) in [7, 11) is -4.56. The number of hydrogen-bond acceptors (Lipinski definition) is 5. The highest BCUT2D eigenvalue weighted by Crippen LogP contribution is 2.37. The lowest BCUT2D eigenvalue weighted by molar-refractivity contribution is -0.154. The first-order valence-electron chi connectivity index (χ1n) is 10.7. The van der Waals surface area contributed by atoms with Crippen LogP contribution in [0, 0.1) is 0 Å². The van der Waals surface area contributed by atoms with Gasteiger partial charge >= 0.3 is 12.4 Å². The summed E-state index contributed by atoms with van der Waals surface area (Å²) in [5.74, 6) is -1.52. The number of fused-ring (bicyclic) bond motifs is 1. The largest absolute Gasteiger partial charge is 0.483 e. The maximum Gasteiger partial charge on any atom is 0.422 e. The number of nitrogens with zero attached hydrogens (tertiary/aromatic N) is 1. The second-order valence-electron chi connectivity index (χ2n) is 8.04. The maximum absolute atomic E-state index is 13.1. The quantitative estimate of drug-likeness (QED) is 0.301. The van der Waals surface area contributed by atoms with Gasteiger partial charge in [-0.3, -0.25) is 9.78 Å². The van der Waals surface area contributed by atoms with Crippen LogP contribution in [0.5, 0.6) is 5.75 Å². The fourth-order valence-corrected chi connectivity index (χ4v) is 4.84. The smallest absolute Gasteiger partial charge is 0.422 e. The fraction of sp³-hybridized carbons (Fsp3) is 0.167. The van der Waals surface area contributed by atoms with Crippen LogP contribution in [0.4, 0.5) is 26.3 Å². The Kier molecular flexibility index (Phi) is 7.10. The number of amides is 1. The summed E-state index contributed by atoms with van der Waals surface area (Å²) in [5.41, 5.74) is 0.101. The van der Waals surface area contributed by atoms with E-state index in [2.05, 4.69) is 20.0 Å². The Morgan fingerprint density at radius 3 is 2.32 bits per heavy atom. The topological polar surface area (TPSA) is 101 Å². The van der Waals surface area contributed by atoms with Gasteiger partial charge < -0.3 is 15.0 Å². The van der Waals surface area contributed by atoms with Crippen LogP contribution in [0.3, 0.4) is 0 Å². The average molecular weight is 557 g/mol. The van der Waals surface area contributed by atoms with E-state index in [1.54, 1.807) is 24.5 Å². The molecule has 0 aliphatic heterocycles. The number of alkyl halides is 6. The minimum Gasteiger partial charge on any atom is -0.483 e. The lowest BCUT2D eigenvalue weighted by Gasteiger charge is -2.16. The number of pyridine rings is 1. The van der Waals surface area contributed by atoms with Crippen LogP contribution < -0.4 is 10.1 Å². The van der Waals surface area contributed by atoms with Gasteiger partial charge in [0.2, 0.25) is 9.84 Å². The molecule has 0 fully saturated rings. The van der Waals surface area contributed by atoms with Crippen LogP contribution in [0.1, 0.15) is 21.6 Å². The normalized spacial score (nSPS) is 12.5. The van der Waals surface area contributed by atoms with Crippen molar-refractivity contribution in [2.24, 2.45) is 0 Å². The van der Waals surface area contributed by atoms with Crippen LogP contribution in [-0.4, -0.2) is 37.1 Å².